The van der Waals surface area contributed by atoms with Gasteiger partial charge in [0.05, 0.1) is 0 Å². The average Bonchev–Trinajstić information content (AvgIpc) is 1.85. The summed E-state index contributed by atoms with van der Waals surface area (Å²) in [4.78, 5) is 10.4. The second kappa shape index (κ2) is 3.35. The van der Waals surface area contributed by atoms with Crippen molar-refractivity contribution in [2.45, 2.75) is 20.8 Å². The molecule has 0 atom stereocenters. The minimum atomic E-state index is -0.348. The van der Waals surface area contributed by atoms with Crippen molar-refractivity contribution in [2.75, 3.05) is 0 Å². The van der Waals surface area contributed by atoms with E-state index >= 15 is 0 Å². The van der Waals surface area contributed by atoms with E-state index in [0.29, 0.717) is 0 Å². The smallest absolute Gasteiger partial charge is 0.129 e. The molecule has 0 aromatic rings. The maximum absolute atomic E-state index is 10.4. The van der Waals surface area contributed by atoms with Crippen LogP contribution in [0.4, 0.5) is 0 Å². The third kappa shape index (κ3) is 4.07. The van der Waals surface area contributed by atoms with E-state index in [0.717, 1.165) is 11.9 Å². The molecule has 1 heteroatoms. The molecule has 0 heterocycles. The molecular weight excluding hydrogens is 124 g/mol. The number of allylic oxidation sites excluding steroid dienone is 3. The second-order valence-corrected chi connectivity index (χ2v) is 3.12. The summed E-state index contributed by atoms with van der Waals surface area (Å²) in [6, 6.07) is 0. The molecule has 0 fully saturated rings. The van der Waals surface area contributed by atoms with Crippen LogP contribution in [0.3, 0.4) is 0 Å². The number of carbonyl (C=O) groups is 1. The molecule has 0 amide bonds. The van der Waals surface area contributed by atoms with E-state index in [-0.39, 0.29) is 5.41 Å². The monoisotopic (exact) mass is 138 g/mol. The highest BCUT2D eigenvalue weighted by molar-refractivity contribution is 5.61. The van der Waals surface area contributed by atoms with Gasteiger partial charge in [0.15, 0.2) is 0 Å². The van der Waals surface area contributed by atoms with Crippen molar-refractivity contribution in [3.8, 4) is 0 Å². The largest absolute Gasteiger partial charge is 0.302 e. The summed E-state index contributed by atoms with van der Waals surface area (Å²) in [7, 11) is 0. The Labute approximate surface area is 62.4 Å². The van der Waals surface area contributed by atoms with E-state index in [9.17, 15) is 4.79 Å². The molecule has 0 unspecified atom stereocenters. The second-order valence-electron chi connectivity index (χ2n) is 3.12. The molecule has 0 aromatic carbocycles. The minimum absolute atomic E-state index is 0.348. The van der Waals surface area contributed by atoms with Crippen molar-refractivity contribution in [3.05, 3.63) is 24.3 Å². The van der Waals surface area contributed by atoms with E-state index in [1.807, 2.05) is 32.9 Å². The summed E-state index contributed by atoms with van der Waals surface area (Å²) in [5.74, 6) is 0. The summed E-state index contributed by atoms with van der Waals surface area (Å²) in [5, 5.41) is 0. The first-order valence-corrected chi connectivity index (χ1v) is 3.29. The quantitative estimate of drug-likeness (QED) is 0.432. The third-order valence-electron chi connectivity index (χ3n) is 1.10. The third-order valence-corrected chi connectivity index (χ3v) is 1.10. The minimum Gasteiger partial charge on any atom is -0.302 e. The number of rotatable bonds is 3. The number of hydrogen-bond acceptors (Lipinski definition) is 1. The predicted molar refractivity (Wildman–Crippen MR) is 43.8 cm³/mol. The van der Waals surface area contributed by atoms with Gasteiger partial charge in [-0.1, -0.05) is 24.3 Å². The first-order valence-electron chi connectivity index (χ1n) is 3.29. The highest BCUT2D eigenvalue weighted by Gasteiger charge is 2.10. The van der Waals surface area contributed by atoms with Crippen LogP contribution in [0.5, 0.6) is 0 Å². The van der Waals surface area contributed by atoms with Crippen molar-refractivity contribution in [3.63, 3.8) is 0 Å². The lowest BCUT2D eigenvalue weighted by atomic mass is 9.95. The van der Waals surface area contributed by atoms with Crippen molar-refractivity contribution >= 4 is 6.29 Å². The van der Waals surface area contributed by atoms with Crippen molar-refractivity contribution in [2.24, 2.45) is 5.41 Å². The van der Waals surface area contributed by atoms with Crippen LogP contribution in [-0.2, 0) is 4.79 Å². The lowest BCUT2D eigenvalue weighted by Crippen LogP contribution is -2.07. The Morgan fingerprint density at radius 2 is 2.00 bits per heavy atom. The predicted octanol–water partition coefficient (Wildman–Crippen LogP) is 2.34. The van der Waals surface area contributed by atoms with Gasteiger partial charge in [-0.3, -0.25) is 0 Å². The van der Waals surface area contributed by atoms with Crippen LogP contribution in [0, 0.1) is 5.41 Å². The van der Waals surface area contributed by atoms with Crippen molar-refractivity contribution in [1.82, 2.24) is 0 Å². The first-order chi connectivity index (χ1) is 4.48. The lowest BCUT2D eigenvalue weighted by Gasteiger charge is -2.08. The van der Waals surface area contributed by atoms with Gasteiger partial charge in [-0.15, -0.1) is 0 Å². The van der Waals surface area contributed by atoms with Gasteiger partial charge < -0.3 is 4.79 Å². The standard InChI is InChI=1S/C9H14O/c1-8(2)5-6-9(3,4)7-10/h5-7H,1H2,2-4H3/b6-5+. The van der Waals surface area contributed by atoms with E-state index in [1.54, 1.807) is 0 Å². The summed E-state index contributed by atoms with van der Waals surface area (Å²) in [6.07, 6.45) is 4.63. The average molecular weight is 138 g/mol. The topological polar surface area (TPSA) is 17.1 Å². The first kappa shape index (κ1) is 9.15. The van der Waals surface area contributed by atoms with Gasteiger partial charge in [0, 0.05) is 5.41 Å². The zero-order chi connectivity index (χ0) is 8.20. The molecule has 0 N–H and O–H groups in total. The van der Waals surface area contributed by atoms with Gasteiger partial charge in [-0.2, -0.15) is 0 Å². The van der Waals surface area contributed by atoms with Crippen molar-refractivity contribution in [1.29, 1.82) is 0 Å². The van der Waals surface area contributed by atoms with Crippen LogP contribution in [0.15, 0.2) is 24.3 Å². The highest BCUT2D eigenvalue weighted by atomic mass is 16.1. The van der Waals surface area contributed by atoms with Crippen LogP contribution in [0.2, 0.25) is 0 Å². The summed E-state index contributed by atoms with van der Waals surface area (Å²) >= 11 is 0. The fraction of sp³-hybridized carbons (Fsp3) is 0.444. The van der Waals surface area contributed by atoms with Crippen LogP contribution in [0.25, 0.3) is 0 Å². The summed E-state index contributed by atoms with van der Waals surface area (Å²) in [5.41, 5.74) is 0.619. The molecule has 0 saturated heterocycles. The molecule has 0 saturated carbocycles. The molecule has 0 aliphatic carbocycles. The fourth-order valence-corrected chi connectivity index (χ4v) is 0.396. The highest BCUT2D eigenvalue weighted by Crippen LogP contribution is 2.13. The molecule has 56 valence electrons. The molecule has 0 aliphatic rings. The molecule has 1 nitrogen and oxygen atoms in total. The molecule has 0 bridgehead atoms. The fourth-order valence-electron chi connectivity index (χ4n) is 0.396. The zero-order valence-electron chi connectivity index (χ0n) is 6.85. The van der Waals surface area contributed by atoms with Gasteiger partial charge in [-0.25, -0.2) is 0 Å². The molecule has 0 radical (unpaired) electrons. The van der Waals surface area contributed by atoms with E-state index in [1.165, 1.54) is 0 Å². The number of aldehydes is 1. The van der Waals surface area contributed by atoms with E-state index in [4.69, 9.17) is 0 Å². The van der Waals surface area contributed by atoms with Crippen LogP contribution >= 0.6 is 0 Å². The van der Waals surface area contributed by atoms with Gasteiger partial charge in [0.25, 0.3) is 0 Å². The molecule has 0 aromatic heterocycles. The Hall–Kier alpha value is -0.850. The summed E-state index contributed by atoms with van der Waals surface area (Å²) < 4.78 is 0. The van der Waals surface area contributed by atoms with E-state index in [2.05, 4.69) is 6.58 Å². The number of carbonyl (C=O) groups excluding carboxylic acids is 1. The van der Waals surface area contributed by atoms with Gasteiger partial charge in [0.1, 0.15) is 6.29 Å². The molecule has 0 rings (SSSR count). The Bertz CT molecular complexity index is 164. The number of hydrogen-bond donors (Lipinski definition) is 0. The maximum Gasteiger partial charge on any atom is 0.129 e. The molecular formula is C9H14O. The normalized spacial score (nSPS) is 11.9. The molecule has 10 heavy (non-hydrogen) atoms. The lowest BCUT2D eigenvalue weighted by molar-refractivity contribution is -0.112. The SMILES string of the molecule is C=C(C)/C=C/C(C)(C)C=O. The van der Waals surface area contributed by atoms with Crippen molar-refractivity contribution < 1.29 is 4.79 Å². The van der Waals surface area contributed by atoms with Crippen LogP contribution in [0.1, 0.15) is 20.8 Å². The Kier molecular flexibility index (Phi) is 3.07. The zero-order valence-corrected chi connectivity index (χ0v) is 6.85. The molecule has 0 aliphatic heterocycles. The Morgan fingerprint density at radius 1 is 1.50 bits per heavy atom. The van der Waals surface area contributed by atoms with Gasteiger partial charge in [-0.05, 0) is 20.8 Å². The van der Waals surface area contributed by atoms with Crippen LogP contribution < -0.4 is 0 Å². The van der Waals surface area contributed by atoms with Gasteiger partial charge in [0.2, 0.25) is 0 Å². The molecule has 0 spiro atoms. The Morgan fingerprint density at radius 3 is 2.30 bits per heavy atom. The summed E-state index contributed by atoms with van der Waals surface area (Å²) in [6.45, 7) is 9.31. The van der Waals surface area contributed by atoms with Gasteiger partial charge >= 0.3 is 0 Å². The van der Waals surface area contributed by atoms with E-state index < -0.39 is 0 Å². The maximum atomic E-state index is 10.4. The Balaban J connectivity index is 4.12. The van der Waals surface area contributed by atoms with Crippen LogP contribution in [-0.4, -0.2) is 6.29 Å².